The third-order valence-corrected chi connectivity index (χ3v) is 4.40. The van der Waals surface area contributed by atoms with Crippen molar-refractivity contribution in [2.75, 3.05) is 38.2 Å². The van der Waals surface area contributed by atoms with Crippen LogP contribution in [0.4, 0.5) is 6.01 Å². The number of hydrogen-bond donors (Lipinski definition) is 0. The van der Waals surface area contributed by atoms with Crippen LogP contribution < -0.4 is 9.64 Å². The normalized spacial score (nSPS) is 14.4. The standard InChI is InChI=1S/C18H22N4O4/c1-13-19-20-18(26-13)22-11-9-21(10-12-22)17(24)8-7-16(23)14-3-5-15(25-2)6-4-14/h3-6H,7-12H2,1-2H3. The Hall–Kier alpha value is -2.90. The molecule has 0 aliphatic carbocycles. The van der Waals surface area contributed by atoms with Crippen molar-refractivity contribution < 1.29 is 18.7 Å². The minimum atomic E-state index is -0.0408. The fraction of sp³-hybridized carbons (Fsp3) is 0.444. The van der Waals surface area contributed by atoms with Gasteiger partial charge in [0.15, 0.2) is 5.78 Å². The van der Waals surface area contributed by atoms with E-state index in [1.807, 2.05) is 4.90 Å². The predicted molar refractivity (Wildman–Crippen MR) is 94.4 cm³/mol. The minimum absolute atomic E-state index is 0.00628. The molecule has 2 heterocycles. The number of piperazine rings is 1. The number of anilines is 1. The minimum Gasteiger partial charge on any atom is -0.497 e. The summed E-state index contributed by atoms with van der Waals surface area (Å²) < 4.78 is 10.5. The summed E-state index contributed by atoms with van der Waals surface area (Å²) in [5.74, 6) is 1.18. The second-order valence-electron chi connectivity index (χ2n) is 6.12. The zero-order valence-corrected chi connectivity index (χ0v) is 15.0. The maximum absolute atomic E-state index is 12.4. The van der Waals surface area contributed by atoms with Gasteiger partial charge in [-0.1, -0.05) is 5.10 Å². The first-order valence-corrected chi connectivity index (χ1v) is 8.57. The lowest BCUT2D eigenvalue weighted by Gasteiger charge is -2.33. The van der Waals surface area contributed by atoms with Gasteiger partial charge < -0.3 is 19.0 Å². The molecule has 1 saturated heterocycles. The molecule has 0 atom stereocenters. The highest BCUT2D eigenvalue weighted by atomic mass is 16.5. The summed E-state index contributed by atoms with van der Waals surface area (Å²) in [5.41, 5.74) is 0.593. The number of Topliss-reactive ketones (excluding diaryl/α,β-unsaturated/α-hetero) is 1. The highest BCUT2D eigenvalue weighted by Crippen LogP contribution is 2.16. The van der Waals surface area contributed by atoms with Crippen LogP contribution in [0.5, 0.6) is 5.75 Å². The third kappa shape index (κ3) is 4.19. The van der Waals surface area contributed by atoms with Crippen LogP contribution >= 0.6 is 0 Å². The second kappa shape index (κ2) is 7.99. The first kappa shape index (κ1) is 17.9. The number of aromatic nitrogens is 2. The number of hydrogen-bond acceptors (Lipinski definition) is 7. The van der Waals surface area contributed by atoms with Crippen LogP contribution in [0.25, 0.3) is 0 Å². The van der Waals surface area contributed by atoms with Crippen molar-refractivity contribution in [3.05, 3.63) is 35.7 Å². The molecule has 1 amide bonds. The van der Waals surface area contributed by atoms with Crippen molar-refractivity contribution in [1.82, 2.24) is 15.1 Å². The number of ether oxygens (including phenoxy) is 1. The molecular weight excluding hydrogens is 336 g/mol. The smallest absolute Gasteiger partial charge is 0.318 e. The summed E-state index contributed by atoms with van der Waals surface area (Å²) in [6.45, 7) is 4.18. The van der Waals surface area contributed by atoms with E-state index in [2.05, 4.69) is 10.2 Å². The molecule has 1 aromatic carbocycles. The average Bonchev–Trinajstić information content (AvgIpc) is 3.12. The van der Waals surface area contributed by atoms with E-state index in [1.165, 1.54) is 0 Å². The van der Waals surface area contributed by atoms with Crippen LogP contribution in [0.2, 0.25) is 0 Å². The van der Waals surface area contributed by atoms with E-state index >= 15 is 0 Å². The molecule has 0 N–H and O–H groups in total. The number of ketones is 1. The quantitative estimate of drug-likeness (QED) is 0.726. The maximum Gasteiger partial charge on any atom is 0.318 e. The molecule has 0 spiro atoms. The van der Waals surface area contributed by atoms with E-state index in [0.717, 1.165) is 0 Å². The molecule has 8 nitrogen and oxygen atoms in total. The molecule has 8 heteroatoms. The van der Waals surface area contributed by atoms with Gasteiger partial charge in [-0.3, -0.25) is 9.59 Å². The van der Waals surface area contributed by atoms with E-state index in [0.29, 0.717) is 49.4 Å². The Morgan fingerprint density at radius 1 is 1.08 bits per heavy atom. The molecule has 26 heavy (non-hydrogen) atoms. The first-order valence-electron chi connectivity index (χ1n) is 8.57. The van der Waals surface area contributed by atoms with E-state index < -0.39 is 0 Å². The Labute approximate surface area is 151 Å². The van der Waals surface area contributed by atoms with Crippen LogP contribution in [0.15, 0.2) is 28.7 Å². The van der Waals surface area contributed by atoms with Gasteiger partial charge in [-0.25, -0.2) is 0 Å². The van der Waals surface area contributed by atoms with Gasteiger partial charge in [-0.2, -0.15) is 0 Å². The molecular formula is C18H22N4O4. The monoisotopic (exact) mass is 358 g/mol. The lowest BCUT2D eigenvalue weighted by atomic mass is 10.1. The van der Waals surface area contributed by atoms with Crippen LogP contribution in [0, 0.1) is 6.92 Å². The number of rotatable bonds is 6. The van der Waals surface area contributed by atoms with Gasteiger partial charge in [-0.15, -0.1) is 5.10 Å². The summed E-state index contributed by atoms with van der Waals surface area (Å²) in [4.78, 5) is 28.3. The topological polar surface area (TPSA) is 88.8 Å². The molecule has 0 saturated carbocycles. The Morgan fingerprint density at radius 2 is 1.77 bits per heavy atom. The molecule has 0 bridgehead atoms. The number of nitrogens with zero attached hydrogens (tertiary/aromatic N) is 4. The fourth-order valence-corrected chi connectivity index (χ4v) is 2.86. The Morgan fingerprint density at radius 3 is 2.35 bits per heavy atom. The number of aryl methyl sites for hydroxylation is 1. The molecule has 0 radical (unpaired) electrons. The Balaban J connectivity index is 1.46. The van der Waals surface area contributed by atoms with Crippen LogP contribution in [-0.2, 0) is 4.79 Å². The first-order chi connectivity index (χ1) is 12.6. The van der Waals surface area contributed by atoms with Crippen LogP contribution in [-0.4, -0.2) is 60.1 Å². The summed E-state index contributed by atoms with van der Waals surface area (Å²) in [5, 5.41) is 7.82. The van der Waals surface area contributed by atoms with Crippen LogP contribution in [0.1, 0.15) is 29.1 Å². The third-order valence-electron chi connectivity index (χ3n) is 4.40. The molecule has 138 valence electrons. The predicted octanol–water partition coefficient (Wildman–Crippen LogP) is 1.70. The average molecular weight is 358 g/mol. The molecule has 1 aromatic heterocycles. The second-order valence-corrected chi connectivity index (χ2v) is 6.12. The molecule has 1 fully saturated rings. The number of methoxy groups -OCH3 is 1. The summed E-state index contributed by atoms with van der Waals surface area (Å²) in [6.07, 6.45) is 0.415. The zero-order chi connectivity index (χ0) is 18.5. The molecule has 0 unspecified atom stereocenters. The van der Waals surface area contributed by atoms with Crippen molar-refractivity contribution in [3.63, 3.8) is 0 Å². The van der Waals surface area contributed by atoms with Crippen molar-refractivity contribution in [2.45, 2.75) is 19.8 Å². The Bertz CT molecular complexity index is 764. The SMILES string of the molecule is COc1ccc(C(=O)CCC(=O)N2CCN(c3nnc(C)o3)CC2)cc1. The van der Waals surface area contributed by atoms with Gasteiger partial charge in [0.25, 0.3) is 0 Å². The Kier molecular flexibility index (Phi) is 5.50. The van der Waals surface area contributed by atoms with Crippen molar-refractivity contribution >= 4 is 17.7 Å². The van der Waals surface area contributed by atoms with E-state index in [4.69, 9.17) is 9.15 Å². The summed E-state index contributed by atoms with van der Waals surface area (Å²) in [7, 11) is 1.58. The van der Waals surface area contributed by atoms with Gasteiger partial charge in [-0.05, 0) is 24.3 Å². The van der Waals surface area contributed by atoms with Crippen molar-refractivity contribution in [2.24, 2.45) is 0 Å². The number of benzene rings is 1. The lowest BCUT2D eigenvalue weighted by molar-refractivity contribution is -0.131. The van der Waals surface area contributed by atoms with Crippen molar-refractivity contribution in [3.8, 4) is 5.75 Å². The summed E-state index contributed by atoms with van der Waals surface area (Å²) in [6, 6.07) is 7.42. The van der Waals surface area contributed by atoms with Gasteiger partial charge in [0.2, 0.25) is 11.8 Å². The van der Waals surface area contributed by atoms with E-state index in [9.17, 15) is 9.59 Å². The van der Waals surface area contributed by atoms with E-state index in [1.54, 1.807) is 43.2 Å². The highest BCUT2D eigenvalue weighted by Gasteiger charge is 2.24. The van der Waals surface area contributed by atoms with Gasteiger partial charge >= 0.3 is 6.01 Å². The van der Waals surface area contributed by atoms with Crippen molar-refractivity contribution in [1.29, 1.82) is 0 Å². The van der Waals surface area contributed by atoms with Gasteiger partial charge in [0.05, 0.1) is 7.11 Å². The van der Waals surface area contributed by atoms with E-state index in [-0.39, 0.29) is 24.5 Å². The largest absolute Gasteiger partial charge is 0.497 e. The van der Waals surface area contributed by atoms with Gasteiger partial charge in [0.1, 0.15) is 5.75 Å². The lowest BCUT2D eigenvalue weighted by Crippen LogP contribution is -2.49. The fourth-order valence-electron chi connectivity index (χ4n) is 2.86. The zero-order valence-electron chi connectivity index (χ0n) is 15.0. The van der Waals surface area contributed by atoms with Crippen LogP contribution in [0.3, 0.4) is 0 Å². The number of carbonyl (C=O) groups excluding carboxylic acids is 2. The molecule has 2 aromatic rings. The maximum atomic E-state index is 12.4. The number of amides is 1. The highest BCUT2D eigenvalue weighted by molar-refractivity contribution is 5.98. The molecule has 3 rings (SSSR count). The summed E-state index contributed by atoms with van der Waals surface area (Å²) >= 11 is 0. The molecule has 1 aliphatic heterocycles. The van der Waals surface area contributed by atoms with Gasteiger partial charge in [0, 0.05) is 51.5 Å². The molecule has 1 aliphatic rings. The number of carbonyl (C=O) groups is 2.